The molecule has 0 aliphatic rings. The fourth-order valence-electron chi connectivity index (χ4n) is 3.03. The number of nitrogens with zero attached hydrogens (tertiary/aromatic N) is 3. The van der Waals surface area contributed by atoms with Crippen molar-refractivity contribution in [3.05, 3.63) is 76.3 Å². The Labute approximate surface area is 158 Å². The van der Waals surface area contributed by atoms with E-state index in [9.17, 15) is 9.59 Å². The molecule has 6 heteroatoms. The Kier molecular flexibility index (Phi) is 5.66. The Balaban J connectivity index is 1.69. The zero-order valence-electron chi connectivity index (χ0n) is 15.8. The highest BCUT2D eigenvalue weighted by Crippen LogP contribution is 2.10. The number of likely N-dealkylation sites (N-methyl/N-ethyl adjacent to an activating group) is 2. The predicted molar refractivity (Wildman–Crippen MR) is 106 cm³/mol. The Morgan fingerprint density at radius 1 is 1.04 bits per heavy atom. The Morgan fingerprint density at radius 3 is 2.44 bits per heavy atom. The van der Waals surface area contributed by atoms with Crippen LogP contribution in [0.15, 0.2) is 59.4 Å². The third-order valence-electron chi connectivity index (χ3n) is 4.72. The SMILES string of the molecule is C[C@@H](C(=O)N(C)Cc1ccccc1)N(C)Cc1nc2ccccc2c(=O)[nH]1. The normalized spacial score (nSPS) is 12.3. The number of hydrogen-bond acceptors (Lipinski definition) is 4. The van der Waals surface area contributed by atoms with Gasteiger partial charge in [0.15, 0.2) is 0 Å². The minimum absolute atomic E-state index is 0.0180. The Morgan fingerprint density at radius 2 is 1.70 bits per heavy atom. The molecule has 1 N–H and O–H groups in total. The molecule has 0 radical (unpaired) electrons. The molecule has 6 nitrogen and oxygen atoms in total. The van der Waals surface area contributed by atoms with Gasteiger partial charge in [-0.25, -0.2) is 4.98 Å². The van der Waals surface area contributed by atoms with Gasteiger partial charge in [-0.05, 0) is 31.7 Å². The summed E-state index contributed by atoms with van der Waals surface area (Å²) in [5.74, 6) is 0.566. The highest BCUT2D eigenvalue weighted by molar-refractivity contribution is 5.81. The van der Waals surface area contributed by atoms with Crippen molar-refractivity contribution in [2.75, 3.05) is 14.1 Å². The second kappa shape index (κ2) is 8.14. The first-order valence-electron chi connectivity index (χ1n) is 8.93. The van der Waals surface area contributed by atoms with E-state index in [4.69, 9.17) is 0 Å². The summed E-state index contributed by atoms with van der Waals surface area (Å²) >= 11 is 0. The van der Waals surface area contributed by atoms with Gasteiger partial charge in [-0.1, -0.05) is 42.5 Å². The van der Waals surface area contributed by atoms with Crippen LogP contribution in [0.4, 0.5) is 0 Å². The fourth-order valence-corrected chi connectivity index (χ4v) is 3.03. The first kappa shape index (κ1) is 18.8. The summed E-state index contributed by atoms with van der Waals surface area (Å²) in [6.45, 7) is 2.80. The lowest BCUT2D eigenvalue weighted by atomic mass is 10.2. The van der Waals surface area contributed by atoms with Crippen molar-refractivity contribution in [1.82, 2.24) is 19.8 Å². The number of amides is 1. The molecule has 2 aromatic carbocycles. The average Bonchev–Trinajstić information content (AvgIpc) is 2.67. The topological polar surface area (TPSA) is 69.3 Å². The lowest BCUT2D eigenvalue weighted by molar-refractivity contribution is -0.135. The summed E-state index contributed by atoms with van der Waals surface area (Å²) < 4.78 is 0. The van der Waals surface area contributed by atoms with E-state index in [0.717, 1.165) is 5.56 Å². The van der Waals surface area contributed by atoms with Gasteiger partial charge in [0, 0.05) is 13.6 Å². The summed E-state index contributed by atoms with van der Waals surface area (Å²) in [4.78, 5) is 35.9. The molecule has 0 fully saturated rings. The van der Waals surface area contributed by atoms with Crippen molar-refractivity contribution in [3.8, 4) is 0 Å². The lowest BCUT2D eigenvalue weighted by Gasteiger charge is -2.28. The molecule has 1 atom stereocenters. The highest BCUT2D eigenvalue weighted by atomic mass is 16.2. The molecule has 27 heavy (non-hydrogen) atoms. The molecular formula is C21H24N4O2. The molecular weight excluding hydrogens is 340 g/mol. The van der Waals surface area contributed by atoms with E-state index in [-0.39, 0.29) is 17.5 Å². The van der Waals surface area contributed by atoms with Crippen molar-refractivity contribution in [2.24, 2.45) is 0 Å². The molecule has 1 aromatic heterocycles. The summed E-state index contributed by atoms with van der Waals surface area (Å²) in [6, 6.07) is 16.8. The monoisotopic (exact) mass is 364 g/mol. The van der Waals surface area contributed by atoms with Crippen molar-refractivity contribution in [3.63, 3.8) is 0 Å². The van der Waals surface area contributed by atoms with Gasteiger partial charge in [-0.2, -0.15) is 0 Å². The van der Waals surface area contributed by atoms with Crippen LogP contribution in [0.25, 0.3) is 10.9 Å². The number of benzene rings is 2. The van der Waals surface area contributed by atoms with Gasteiger partial charge in [-0.3, -0.25) is 14.5 Å². The maximum Gasteiger partial charge on any atom is 0.258 e. The van der Waals surface area contributed by atoms with Crippen LogP contribution in [0.3, 0.4) is 0 Å². The van der Waals surface area contributed by atoms with E-state index in [1.807, 2.05) is 67.4 Å². The van der Waals surface area contributed by atoms with E-state index in [1.54, 1.807) is 18.0 Å². The molecule has 0 aliphatic carbocycles. The van der Waals surface area contributed by atoms with Crippen LogP contribution < -0.4 is 5.56 Å². The zero-order chi connectivity index (χ0) is 19.4. The average molecular weight is 364 g/mol. The molecule has 0 saturated carbocycles. The third kappa shape index (κ3) is 4.41. The molecule has 0 unspecified atom stereocenters. The first-order valence-corrected chi connectivity index (χ1v) is 8.93. The molecule has 140 valence electrons. The van der Waals surface area contributed by atoms with Crippen LogP contribution >= 0.6 is 0 Å². The van der Waals surface area contributed by atoms with Crippen LogP contribution in [-0.2, 0) is 17.9 Å². The highest BCUT2D eigenvalue weighted by Gasteiger charge is 2.22. The lowest BCUT2D eigenvalue weighted by Crippen LogP contribution is -2.43. The van der Waals surface area contributed by atoms with Crippen molar-refractivity contribution >= 4 is 16.8 Å². The predicted octanol–water partition coefficient (Wildman–Crippen LogP) is 2.40. The molecule has 1 amide bonds. The number of aromatic amines is 1. The van der Waals surface area contributed by atoms with Crippen LogP contribution in [0.2, 0.25) is 0 Å². The van der Waals surface area contributed by atoms with E-state index >= 15 is 0 Å². The molecule has 0 spiro atoms. The largest absolute Gasteiger partial charge is 0.340 e. The van der Waals surface area contributed by atoms with Crippen LogP contribution in [-0.4, -0.2) is 45.8 Å². The van der Waals surface area contributed by atoms with E-state index in [0.29, 0.717) is 29.8 Å². The van der Waals surface area contributed by atoms with Crippen LogP contribution in [0, 0.1) is 0 Å². The molecule has 0 saturated heterocycles. The minimum Gasteiger partial charge on any atom is -0.340 e. The van der Waals surface area contributed by atoms with E-state index in [2.05, 4.69) is 9.97 Å². The van der Waals surface area contributed by atoms with Gasteiger partial charge in [0.25, 0.3) is 5.56 Å². The smallest absolute Gasteiger partial charge is 0.258 e. The van der Waals surface area contributed by atoms with Gasteiger partial charge in [0.05, 0.1) is 23.5 Å². The number of para-hydroxylation sites is 1. The van der Waals surface area contributed by atoms with Gasteiger partial charge in [-0.15, -0.1) is 0 Å². The number of rotatable bonds is 6. The molecule has 1 heterocycles. The standard InChI is InChI=1S/C21H24N4O2/c1-15(21(27)25(3)13-16-9-5-4-6-10-16)24(2)14-19-22-18-12-8-7-11-17(18)20(26)23-19/h4-12,15H,13-14H2,1-3H3,(H,22,23,26)/t15-/m0/s1. The van der Waals surface area contributed by atoms with Gasteiger partial charge >= 0.3 is 0 Å². The number of fused-ring (bicyclic) bond motifs is 1. The van der Waals surface area contributed by atoms with Crippen LogP contribution in [0.1, 0.15) is 18.3 Å². The number of aromatic nitrogens is 2. The number of hydrogen-bond donors (Lipinski definition) is 1. The van der Waals surface area contributed by atoms with E-state index in [1.165, 1.54) is 0 Å². The minimum atomic E-state index is -0.338. The molecule has 0 bridgehead atoms. The Hall–Kier alpha value is -2.99. The number of H-pyrrole nitrogens is 1. The van der Waals surface area contributed by atoms with Crippen molar-refractivity contribution in [2.45, 2.75) is 26.1 Å². The van der Waals surface area contributed by atoms with Crippen LogP contribution in [0.5, 0.6) is 0 Å². The molecule has 0 aliphatic heterocycles. The number of carbonyl (C=O) groups is 1. The number of carbonyl (C=O) groups excluding carboxylic acids is 1. The third-order valence-corrected chi connectivity index (χ3v) is 4.72. The summed E-state index contributed by atoms with van der Waals surface area (Å²) in [7, 11) is 3.66. The summed E-state index contributed by atoms with van der Waals surface area (Å²) in [5, 5.41) is 0.565. The van der Waals surface area contributed by atoms with E-state index < -0.39 is 0 Å². The first-order chi connectivity index (χ1) is 13.0. The van der Waals surface area contributed by atoms with Gasteiger partial charge in [0.2, 0.25) is 5.91 Å². The van der Waals surface area contributed by atoms with Gasteiger partial charge in [0.1, 0.15) is 5.82 Å². The molecule has 3 aromatic rings. The Bertz CT molecular complexity index is 984. The maximum absolute atomic E-state index is 12.8. The van der Waals surface area contributed by atoms with Crippen molar-refractivity contribution < 1.29 is 4.79 Å². The zero-order valence-corrected chi connectivity index (χ0v) is 15.8. The summed E-state index contributed by atoms with van der Waals surface area (Å²) in [6.07, 6.45) is 0. The maximum atomic E-state index is 12.8. The van der Waals surface area contributed by atoms with Gasteiger partial charge < -0.3 is 9.88 Å². The quantitative estimate of drug-likeness (QED) is 0.729. The number of nitrogens with one attached hydrogen (secondary N) is 1. The summed E-state index contributed by atoms with van der Waals surface area (Å²) in [5.41, 5.74) is 1.58. The molecule has 3 rings (SSSR count). The second-order valence-corrected chi connectivity index (χ2v) is 6.80. The fraction of sp³-hybridized carbons (Fsp3) is 0.286. The van der Waals surface area contributed by atoms with Crippen molar-refractivity contribution in [1.29, 1.82) is 0 Å². The second-order valence-electron chi connectivity index (χ2n) is 6.80.